The molecular weight excluding hydrogens is 176 g/mol. The second-order valence-corrected chi connectivity index (χ2v) is 2.08. The van der Waals surface area contributed by atoms with Crippen LogP contribution in [0.4, 0.5) is 0 Å². The molecule has 0 spiro atoms. The predicted molar refractivity (Wildman–Crippen MR) is 33.2 cm³/mol. The van der Waals surface area contributed by atoms with Crippen molar-refractivity contribution in [3.63, 3.8) is 0 Å². The van der Waals surface area contributed by atoms with Gasteiger partial charge in [0.05, 0.1) is 0 Å². The lowest BCUT2D eigenvalue weighted by Crippen LogP contribution is -1.89. The van der Waals surface area contributed by atoms with Crippen molar-refractivity contribution in [1.82, 2.24) is 0 Å². The van der Waals surface area contributed by atoms with Crippen molar-refractivity contribution in [3.05, 3.63) is 0 Å². The Morgan fingerprint density at radius 3 is 1.25 bits per heavy atom. The normalized spacial score (nSPS) is 9.50. The smallest absolute Gasteiger partial charge is 0.264 e. The molecule has 2 N–H and O–H groups in total. The number of thiol groups is 2. The average molecular weight is 180 g/mol. The summed E-state index contributed by atoms with van der Waals surface area (Å²) in [5.41, 5.74) is 0. The van der Waals surface area contributed by atoms with Crippen LogP contribution in [-0.2, 0) is 14.0 Å². The van der Waals surface area contributed by atoms with E-state index in [2.05, 4.69) is 29.4 Å². The van der Waals surface area contributed by atoms with Crippen LogP contribution in [-0.4, -0.2) is 17.5 Å². The van der Waals surface area contributed by atoms with Gasteiger partial charge in [0.15, 0.2) is 0 Å². The van der Waals surface area contributed by atoms with Gasteiger partial charge in [-0.3, -0.25) is 12.7 Å². The van der Waals surface area contributed by atoms with Crippen LogP contribution < -0.4 is 0 Å². The van der Waals surface area contributed by atoms with Crippen LogP contribution in [0.25, 0.3) is 0 Å². The standard InChI is InChI=1S/H2O4S.H2OS2/c1-5(2,3)4;2-1-3/h(H2,1,2,3,4);2-3H. The van der Waals surface area contributed by atoms with E-state index >= 15 is 0 Å². The molecule has 0 radical (unpaired) electrons. The van der Waals surface area contributed by atoms with Gasteiger partial charge in [0.25, 0.3) is 0 Å². The van der Waals surface area contributed by atoms with Gasteiger partial charge < -0.3 is 0 Å². The second kappa shape index (κ2) is 5.66. The van der Waals surface area contributed by atoms with Gasteiger partial charge in [-0.1, -0.05) is 0 Å². The lowest BCUT2D eigenvalue weighted by molar-refractivity contribution is 0.381. The zero-order chi connectivity index (χ0) is 7.21. The lowest BCUT2D eigenvalue weighted by atomic mass is 15.8. The van der Waals surface area contributed by atoms with Crippen molar-refractivity contribution >= 4 is 36.2 Å². The summed E-state index contributed by atoms with van der Waals surface area (Å²) in [5, 5.41) is 0. The highest BCUT2D eigenvalue weighted by atomic mass is 32.3. The molecule has 0 rings (SSSR count). The summed E-state index contributed by atoms with van der Waals surface area (Å²) in [6.07, 6.45) is 0. The quantitative estimate of drug-likeness (QED) is 0.240. The van der Waals surface area contributed by atoms with E-state index in [1.54, 1.807) is 0 Å². The summed E-state index contributed by atoms with van der Waals surface area (Å²) in [5.74, 6) is 0. The van der Waals surface area contributed by atoms with Gasteiger partial charge in [-0.25, -0.2) is 0 Å². The summed E-state index contributed by atoms with van der Waals surface area (Å²) in [6.45, 7) is 0. The summed E-state index contributed by atoms with van der Waals surface area (Å²) < 4.78 is 35.2. The predicted octanol–water partition coefficient (Wildman–Crippen LogP) is 0.0398. The van der Waals surface area contributed by atoms with Gasteiger partial charge in [0.2, 0.25) is 0 Å². The number of hydrogen-bond donors (Lipinski definition) is 4. The van der Waals surface area contributed by atoms with Crippen molar-refractivity contribution in [1.29, 1.82) is 0 Å². The molecule has 0 atom stereocenters. The molecule has 0 aliphatic heterocycles. The third kappa shape index (κ3) is 711. The van der Waals surface area contributed by atoms with Gasteiger partial charge in [-0.15, -0.1) is 0 Å². The minimum atomic E-state index is -4.67. The molecule has 0 fully saturated rings. The molecule has 0 bridgehead atoms. The molecular formula is H4O5S3. The molecule has 8 heavy (non-hydrogen) atoms. The van der Waals surface area contributed by atoms with E-state index in [0.717, 1.165) is 0 Å². The molecule has 8 heteroatoms. The molecule has 0 saturated heterocycles. The fraction of sp³-hybridized carbons (Fsp3) is 0. The maximum Gasteiger partial charge on any atom is 0.394 e. The fourth-order valence-corrected chi connectivity index (χ4v) is 0. The molecule has 0 aliphatic carbocycles. The monoisotopic (exact) mass is 180 g/mol. The van der Waals surface area contributed by atoms with Gasteiger partial charge in [0, 0.05) is 0 Å². The van der Waals surface area contributed by atoms with Crippen LogP contribution >= 0.6 is 25.8 Å². The minimum absolute atomic E-state index is 3.15. The summed E-state index contributed by atoms with van der Waals surface area (Å²) in [4.78, 5) is 0. The third-order valence-corrected chi connectivity index (χ3v) is 0. The number of rotatable bonds is 0. The summed E-state index contributed by atoms with van der Waals surface area (Å²) in [6, 6.07) is 0. The molecule has 52 valence electrons. The molecule has 0 amide bonds. The van der Waals surface area contributed by atoms with Gasteiger partial charge in [-0.05, 0) is 25.8 Å². The summed E-state index contributed by atoms with van der Waals surface area (Å²) in [7, 11) is -4.67. The first-order chi connectivity index (χ1) is 3.41. The van der Waals surface area contributed by atoms with Gasteiger partial charge >= 0.3 is 10.4 Å². The maximum atomic E-state index is 8.74. The van der Waals surface area contributed by atoms with Gasteiger partial charge in [0.1, 0.15) is 0 Å². The Bertz CT molecular complexity index is 102. The molecule has 0 saturated carbocycles. The van der Waals surface area contributed by atoms with Crippen LogP contribution in [0.3, 0.4) is 0 Å². The zero-order valence-electron chi connectivity index (χ0n) is 3.42. The molecule has 0 aromatic carbocycles. The van der Waals surface area contributed by atoms with Crippen molar-refractivity contribution in [2.24, 2.45) is 0 Å². The van der Waals surface area contributed by atoms with Crippen molar-refractivity contribution in [3.8, 4) is 0 Å². The molecule has 0 heterocycles. The fourth-order valence-electron chi connectivity index (χ4n) is 0. The highest BCUT2D eigenvalue weighted by molar-refractivity contribution is 7.89. The Morgan fingerprint density at radius 2 is 1.25 bits per heavy atom. The largest absolute Gasteiger partial charge is 0.394 e. The second-order valence-electron chi connectivity index (χ2n) is 0.529. The first kappa shape index (κ1) is 11.3. The van der Waals surface area contributed by atoms with E-state index in [1.807, 2.05) is 0 Å². The Kier molecular flexibility index (Phi) is 8.03. The molecule has 0 aliphatic rings. The lowest BCUT2D eigenvalue weighted by Gasteiger charge is -1.68. The molecule has 5 nitrogen and oxygen atoms in total. The van der Waals surface area contributed by atoms with Crippen molar-refractivity contribution in [2.45, 2.75) is 0 Å². The van der Waals surface area contributed by atoms with E-state index in [4.69, 9.17) is 17.5 Å². The van der Waals surface area contributed by atoms with Crippen LogP contribution in [0, 0.1) is 0 Å². The number of hydrogen-bond acceptors (Lipinski definition) is 5. The van der Waals surface area contributed by atoms with E-state index in [1.165, 1.54) is 0 Å². The van der Waals surface area contributed by atoms with E-state index in [-0.39, 0.29) is 0 Å². The van der Waals surface area contributed by atoms with Crippen LogP contribution in [0.2, 0.25) is 0 Å². The van der Waals surface area contributed by atoms with E-state index in [0.29, 0.717) is 0 Å². The van der Waals surface area contributed by atoms with E-state index < -0.39 is 10.4 Å². The molecule has 0 aromatic heterocycles. The SMILES string of the molecule is O=S(=O)(O)O.SOS. The first-order valence-corrected chi connectivity index (χ1v) is 3.19. The Balaban J connectivity index is 0. The van der Waals surface area contributed by atoms with E-state index in [9.17, 15) is 0 Å². The minimum Gasteiger partial charge on any atom is -0.264 e. The Hall–Kier alpha value is 0.530. The highest BCUT2D eigenvalue weighted by Gasteiger charge is 1.84. The van der Waals surface area contributed by atoms with Crippen molar-refractivity contribution in [2.75, 3.05) is 0 Å². The molecule has 0 aromatic rings. The maximum absolute atomic E-state index is 8.74. The zero-order valence-corrected chi connectivity index (χ0v) is 6.03. The van der Waals surface area contributed by atoms with Crippen molar-refractivity contribution < 1.29 is 21.2 Å². The van der Waals surface area contributed by atoms with Crippen LogP contribution in [0.15, 0.2) is 0 Å². The first-order valence-electron chi connectivity index (χ1n) is 1.06. The van der Waals surface area contributed by atoms with Crippen LogP contribution in [0.1, 0.15) is 0 Å². The van der Waals surface area contributed by atoms with Crippen LogP contribution in [0.5, 0.6) is 0 Å². The van der Waals surface area contributed by atoms with Gasteiger partial charge in [-0.2, -0.15) is 8.42 Å². The summed E-state index contributed by atoms with van der Waals surface area (Å²) >= 11 is 6.31. The average Bonchev–Trinajstić information content (AvgIpc) is 1.27. The highest BCUT2D eigenvalue weighted by Crippen LogP contribution is 1.75. The molecule has 0 unspecified atom stereocenters. The topological polar surface area (TPSA) is 83.8 Å². The third-order valence-electron chi connectivity index (χ3n) is 0. The Labute approximate surface area is 57.9 Å². The Morgan fingerprint density at radius 1 is 1.25 bits per heavy atom.